The van der Waals surface area contributed by atoms with Crippen LogP contribution in [0.3, 0.4) is 0 Å². The smallest absolute Gasteiger partial charge is 0.325 e. The van der Waals surface area contributed by atoms with Crippen molar-refractivity contribution in [2.24, 2.45) is 11.8 Å². The summed E-state index contributed by atoms with van der Waals surface area (Å²) in [5, 5.41) is 8.19. The molecule has 1 aliphatic rings. The topological polar surface area (TPSA) is 126 Å². The second-order valence-electron chi connectivity index (χ2n) is 11.0. The molecule has 4 atom stereocenters. The number of esters is 1. The van der Waals surface area contributed by atoms with Crippen LogP contribution in [0.15, 0.2) is 30.3 Å². The third-order valence-electron chi connectivity index (χ3n) is 6.75. The van der Waals surface area contributed by atoms with Gasteiger partial charge in [0.2, 0.25) is 17.7 Å². The molecule has 2 rings (SSSR count). The lowest BCUT2D eigenvalue weighted by molar-refractivity contribution is -0.142. The Labute approximate surface area is 226 Å². The second-order valence-corrected chi connectivity index (χ2v) is 11.0. The molecular weight excluding hydrogens is 488 g/mol. The Hall–Kier alpha value is -2.98. The van der Waals surface area contributed by atoms with E-state index in [0.29, 0.717) is 13.0 Å². The van der Waals surface area contributed by atoms with Crippen LogP contribution in [0.25, 0.3) is 0 Å². The van der Waals surface area contributed by atoms with Gasteiger partial charge in [-0.25, -0.2) is 0 Å². The van der Waals surface area contributed by atoms with Crippen LogP contribution in [-0.4, -0.2) is 72.7 Å². The number of hydrogen-bond donors (Lipinski definition) is 3. The lowest BCUT2D eigenvalue weighted by Gasteiger charge is -2.38. The first-order valence-electron chi connectivity index (χ1n) is 13.2. The van der Waals surface area contributed by atoms with Crippen LogP contribution in [0.2, 0.25) is 0 Å². The summed E-state index contributed by atoms with van der Waals surface area (Å²) < 4.78 is 10.6. The molecule has 10 heteroatoms. The summed E-state index contributed by atoms with van der Waals surface area (Å²) in [7, 11) is 1.23. The van der Waals surface area contributed by atoms with Crippen LogP contribution in [0, 0.1) is 11.8 Å². The van der Waals surface area contributed by atoms with Crippen molar-refractivity contribution in [3.8, 4) is 0 Å². The van der Waals surface area contributed by atoms with Gasteiger partial charge >= 0.3 is 5.97 Å². The molecule has 1 saturated heterocycles. The molecule has 1 fully saturated rings. The van der Waals surface area contributed by atoms with E-state index in [1.807, 2.05) is 76.8 Å². The monoisotopic (exact) mass is 532 g/mol. The van der Waals surface area contributed by atoms with Crippen LogP contribution < -0.4 is 16.0 Å². The van der Waals surface area contributed by atoms with E-state index in [0.717, 1.165) is 5.56 Å². The fraction of sp³-hybridized carbons (Fsp3) is 0.643. The van der Waals surface area contributed by atoms with Gasteiger partial charge in [0.05, 0.1) is 25.8 Å². The fourth-order valence-electron chi connectivity index (χ4n) is 4.74. The number of nitrogens with one attached hydrogen (secondary N) is 3. The highest BCUT2D eigenvalue weighted by molar-refractivity contribution is 5.93. The molecule has 0 unspecified atom stereocenters. The van der Waals surface area contributed by atoms with Crippen LogP contribution in [-0.2, 0) is 28.7 Å². The highest BCUT2D eigenvalue weighted by Gasteiger charge is 2.46. The zero-order valence-electron chi connectivity index (χ0n) is 23.9. The van der Waals surface area contributed by atoms with Crippen molar-refractivity contribution >= 4 is 23.7 Å². The Bertz CT molecular complexity index is 965. The molecule has 0 saturated carbocycles. The van der Waals surface area contributed by atoms with Crippen molar-refractivity contribution in [2.45, 2.75) is 84.8 Å². The maximum atomic E-state index is 13.5. The Kier molecular flexibility index (Phi) is 11.3. The predicted molar refractivity (Wildman–Crippen MR) is 144 cm³/mol. The van der Waals surface area contributed by atoms with Crippen LogP contribution in [0.5, 0.6) is 0 Å². The summed E-state index contributed by atoms with van der Waals surface area (Å²) in [6, 6.07) is 7.43. The molecule has 0 radical (unpaired) electrons. The zero-order valence-corrected chi connectivity index (χ0v) is 23.9. The summed E-state index contributed by atoms with van der Waals surface area (Å²) in [6.45, 7) is 13.3. The number of amides is 3. The minimum atomic E-state index is -0.866. The van der Waals surface area contributed by atoms with Crippen molar-refractivity contribution in [3.05, 3.63) is 35.9 Å². The van der Waals surface area contributed by atoms with Gasteiger partial charge in [-0.1, -0.05) is 58.0 Å². The van der Waals surface area contributed by atoms with E-state index < -0.39 is 41.6 Å². The Morgan fingerprint density at radius 1 is 1.00 bits per heavy atom. The van der Waals surface area contributed by atoms with Gasteiger partial charge in [0, 0.05) is 0 Å². The van der Waals surface area contributed by atoms with Crippen LogP contribution in [0.4, 0.5) is 0 Å². The van der Waals surface area contributed by atoms with Gasteiger partial charge in [-0.15, -0.1) is 0 Å². The van der Waals surface area contributed by atoms with Gasteiger partial charge < -0.3 is 25.4 Å². The first-order chi connectivity index (χ1) is 17.8. The second kappa shape index (κ2) is 13.7. The van der Waals surface area contributed by atoms with Crippen molar-refractivity contribution in [1.82, 2.24) is 20.9 Å². The molecule has 38 heavy (non-hydrogen) atoms. The third-order valence-corrected chi connectivity index (χ3v) is 6.75. The lowest BCUT2D eigenvalue weighted by atomic mass is 9.99. The molecule has 3 N–H and O–H groups in total. The normalized spacial score (nSPS) is 19.5. The minimum absolute atomic E-state index is 0.101. The molecule has 0 aromatic heterocycles. The van der Waals surface area contributed by atoms with E-state index in [2.05, 4.69) is 20.7 Å². The van der Waals surface area contributed by atoms with Crippen LogP contribution in [0.1, 0.15) is 66.5 Å². The number of hydrogen-bond acceptors (Lipinski definition) is 7. The van der Waals surface area contributed by atoms with Gasteiger partial charge in [0.1, 0.15) is 24.4 Å². The summed E-state index contributed by atoms with van der Waals surface area (Å²) in [4.78, 5) is 53.0. The van der Waals surface area contributed by atoms with E-state index in [1.54, 1.807) is 6.92 Å². The first-order valence-corrected chi connectivity index (χ1v) is 13.2. The maximum Gasteiger partial charge on any atom is 0.325 e. The molecule has 1 aromatic carbocycles. The first kappa shape index (κ1) is 31.2. The number of rotatable bonds is 12. The van der Waals surface area contributed by atoms with Crippen molar-refractivity contribution in [3.63, 3.8) is 0 Å². The molecule has 212 valence electrons. The SMILES string of the molecule is COC(=O)CNC(=O)[C@H](CC(C)C)NC(=O)[C@@H](NC(=O)[C@@H](C)N1[C@H](c2ccccc2)COC1(C)C)C(C)C. The largest absolute Gasteiger partial charge is 0.468 e. The Morgan fingerprint density at radius 3 is 2.18 bits per heavy atom. The van der Waals surface area contributed by atoms with Gasteiger partial charge in [0.25, 0.3) is 0 Å². The summed E-state index contributed by atoms with van der Waals surface area (Å²) >= 11 is 0. The van der Waals surface area contributed by atoms with Crippen molar-refractivity contribution in [2.75, 3.05) is 20.3 Å². The highest BCUT2D eigenvalue weighted by Crippen LogP contribution is 2.38. The number of carbonyl (C=O) groups excluding carboxylic acids is 4. The standard InChI is InChI=1S/C28H44N4O6/c1-17(2)14-21(26(35)29-15-23(33)37-8)30-27(36)24(18(3)4)31-25(34)19(5)32-22(16-38-28(32,6)7)20-12-10-9-11-13-20/h9-13,17-19,21-22,24H,14-16H2,1-8H3,(H,29,35)(H,30,36)(H,31,34)/t19-,21+,22+,24+/m1/s1. The Morgan fingerprint density at radius 2 is 1.63 bits per heavy atom. The average molecular weight is 533 g/mol. The maximum absolute atomic E-state index is 13.5. The van der Waals surface area contributed by atoms with E-state index in [4.69, 9.17) is 4.74 Å². The molecule has 0 spiro atoms. The summed E-state index contributed by atoms with van der Waals surface area (Å²) in [5.41, 5.74) is 0.359. The number of nitrogens with zero attached hydrogens (tertiary/aromatic N) is 1. The zero-order chi connectivity index (χ0) is 28.6. The van der Waals surface area contributed by atoms with E-state index in [9.17, 15) is 19.2 Å². The van der Waals surface area contributed by atoms with E-state index >= 15 is 0 Å². The summed E-state index contributed by atoms with van der Waals surface area (Å²) in [6.07, 6.45) is 0.367. The third kappa shape index (κ3) is 8.26. The number of ether oxygens (including phenoxy) is 2. The van der Waals surface area contributed by atoms with Gasteiger partial charge in [-0.05, 0) is 44.6 Å². The molecule has 0 aliphatic carbocycles. The van der Waals surface area contributed by atoms with Gasteiger partial charge in [-0.3, -0.25) is 24.1 Å². The van der Waals surface area contributed by atoms with Gasteiger partial charge in [-0.2, -0.15) is 0 Å². The van der Waals surface area contributed by atoms with E-state index in [1.165, 1.54) is 7.11 Å². The van der Waals surface area contributed by atoms with Crippen molar-refractivity contribution < 1.29 is 28.7 Å². The quantitative estimate of drug-likeness (QED) is 0.352. The lowest BCUT2D eigenvalue weighted by Crippen LogP contribution is -2.59. The Balaban J connectivity index is 2.16. The molecule has 0 bridgehead atoms. The predicted octanol–water partition coefficient (Wildman–Crippen LogP) is 2.15. The summed E-state index contributed by atoms with van der Waals surface area (Å²) in [5.74, 6) is -1.98. The molecule has 1 heterocycles. The number of carbonyl (C=O) groups is 4. The molecule has 3 amide bonds. The molecule has 1 aromatic rings. The molecule has 1 aliphatic heterocycles. The average Bonchev–Trinajstić information content (AvgIpc) is 3.18. The molecule has 10 nitrogen and oxygen atoms in total. The number of benzene rings is 1. The van der Waals surface area contributed by atoms with Crippen LogP contribution >= 0.6 is 0 Å². The minimum Gasteiger partial charge on any atom is -0.468 e. The molecular formula is C28H44N4O6. The number of methoxy groups -OCH3 is 1. The fourth-order valence-corrected chi connectivity index (χ4v) is 4.74. The van der Waals surface area contributed by atoms with Gasteiger partial charge in [0.15, 0.2) is 0 Å². The van der Waals surface area contributed by atoms with Crippen molar-refractivity contribution in [1.29, 1.82) is 0 Å². The van der Waals surface area contributed by atoms with E-state index in [-0.39, 0.29) is 30.3 Å². The highest BCUT2D eigenvalue weighted by atomic mass is 16.5.